The van der Waals surface area contributed by atoms with E-state index < -0.39 is 0 Å². The van der Waals surface area contributed by atoms with Gasteiger partial charge in [0.25, 0.3) is 0 Å². The summed E-state index contributed by atoms with van der Waals surface area (Å²) < 4.78 is 0. The Morgan fingerprint density at radius 3 is 2.59 bits per heavy atom. The van der Waals surface area contributed by atoms with Crippen molar-refractivity contribution in [1.82, 2.24) is 10.2 Å². The first-order valence-electron chi connectivity index (χ1n) is 7.24. The highest BCUT2D eigenvalue weighted by atomic mass is 16.3. The molecule has 0 bridgehead atoms. The van der Waals surface area contributed by atoms with Gasteiger partial charge in [0.2, 0.25) is 0 Å². The summed E-state index contributed by atoms with van der Waals surface area (Å²) in [6.45, 7) is 8.34. The van der Waals surface area contributed by atoms with Crippen LogP contribution in [0.3, 0.4) is 0 Å². The van der Waals surface area contributed by atoms with Crippen LogP contribution in [0.5, 0.6) is 0 Å². The minimum Gasteiger partial charge on any atom is -0.396 e. The Hall–Kier alpha value is -0.120. The first-order chi connectivity index (χ1) is 8.11. The van der Waals surface area contributed by atoms with E-state index >= 15 is 0 Å². The number of likely N-dealkylation sites (tertiary alicyclic amines) is 1. The van der Waals surface area contributed by atoms with Gasteiger partial charge in [-0.3, -0.25) is 4.90 Å². The molecule has 2 aliphatic rings. The fraction of sp³-hybridized carbons (Fsp3) is 1.00. The van der Waals surface area contributed by atoms with Gasteiger partial charge in [0, 0.05) is 37.3 Å². The smallest absolute Gasteiger partial charge is 0.0445 e. The third-order valence-electron chi connectivity index (χ3n) is 4.33. The second-order valence-corrected chi connectivity index (χ2v) is 6.24. The van der Waals surface area contributed by atoms with E-state index in [1.165, 1.54) is 25.8 Å². The van der Waals surface area contributed by atoms with Crippen molar-refractivity contribution in [2.45, 2.75) is 70.6 Å². The van der Waals surface area contributed by atoms with Gasteiger partial charge in [0.05, 0.1) is 0 Å². The van der Waals surface area contributed by atoms with Crippen molar-refractivity contribution in [1.29, 1.82) is 0 Å². The van der Waals surface area contributed by atoms with Crippen molar-refractivity contribution in [3.8, 4) is 0 Å². The van der Waals surface area contributed by atoms with Gasteiger partial charge in [-0.2, -0.15) is 0 Å². The molecule has 0 aromatic carbocycles. The summed E-state index contributed by atoms with van der Waals surface area (Å²) in [5.41, 5.74) is 0. The number of nitrogens with one attached hydrogen (secondary N) is 1. The lowest BCUT2D eigenvalue weighted by atomic mass is 10.00. The molecule has 1 saturated carbocycles. The maximum Gasteiger partial charge on any atom is 0.0445 e. The molecule has 1 saturated heterocycles. The number of rotatable bonds is 6. The molecule has 0 aromatic rings. The molecule has 3 heteroatoms. The van der Waals surface area contributed by atoms with E-state index in [-0.39, 0.29) is 0 Å². The summed E-state index contributed by atoms with van der Waals surface area (Å²) in [5, 5.41) is 12.9. The van der Waals surface area contributed by atoms with Crippen molar-refractivity contribution < 1.29 is 5.11 Å². The van der Waals surface area contributed by atoms with E-state index in [0.29, 0.717) is 24.6 Å². The first-order valence-corrected chi connectivity index (χ1v) is 7.24. The highest BCUT2D eigenvalue weighted by Gasteiger charge is 2.39. The number of hydrogen-bond acceptors (Lipinski definition) is 3. The second-order valence-electron chi connectivity index (χ2n) is 6.24. The van der Waals surface area contributed by atoms with Crippen molar-refractivity contribution in [2.24, 2.45) is 5.92 Å². The van der Waals surface area contributed by atoms with Gasteiger partial charge in [0.15, 0.2) is 0 Å². The molecule has 1 aliphatic heterocycles. The molecule has 0 radical (unpaired) electrons. The van der Waals surface area contributed by atoms with Crippen LogP contribution in [-0.4, -0.2) is 47.3 Å². The normalized spacial score (nSPS) is 32.3. The zero-order chi connectivity index (χ0) is 12.4. The van der Waals surface area contributed by atoms with Crippen LogP contribution in [0.15, 0.2) is 0 Å². The monoisotopic (exact) mass is 240 g/mol. The van der Waals surface area contributed by atoms with Crippen LogP contribution in [0.2, 0.25) is 0 Å². The maximum absolute atomic E-state index is 9.11. The highest BCUT2D eigenvalue weighted by molar-refractivity contribution is 4.96. The van der Waals surface area contributed by atoms with Gasteiger partial charge in [0.1, 0.15) is 0 Å². The Morgan fingerprint density at radius 2 is 2.06 bits per heavy atom. The molecule has 0 aromatic heterocycles. The first kappa shape index (κ1) is 13.3. The molecule has 1 aliphatic carbocycles. The minimum atomic E-state index is 0.296. The van der Waals surface area contributed by atoms with E-state index in [0.717, 1.165) is 18.5 Å². The third-order valence-corrected chi connectivity index (χ3v) is 4.33. The molecule has 3 atom stereocenters. The molecular formula is C14H28N2O. The number of aliphatic hydroxyl groups excluding tert-OH is 1. The Balaban J connectivity index is 1.82. The lowest BCUT2D eigenvalue weighted by molar-refractivity contribution is 0.228. The van der Waals surface area contributed by atoms with Crippen LogP contribution in [0.1, 0.15) is 46.5 Å². The minimum absolute atomic E-state index is 0.296. The molecule has 2 N–H and O–H groups in total. The van der Waals surface area contributed by atoms with Gasteiger partial charge in [-0.05, 0) is 38.5 Å². The Kier molecular flexibility index (Phi) is 4.45. The average molecular weight is 240 g/mol. The summed E-state index contributed by atoms with van der Waals surface area (Å²) in [6, 6.07) is 2.72. The lowest BCUT2D eigenvalue weighted by Crippen LogP contribution is -2.43. The topological polar surface area (TPSA) is 35.5 Å². The van der Waals surface area contributed by atoms with Gasteiger partial charge >= 0.3 is 0 Å². The molecule has 100 valence electrons. The van der Waals surface area contributed by atoms with Crippen molar-refractivity contribution in [3.63, 3.8) is 0 Å². The largest absolute Gasteiger partial charge is 0.396 e. The standard InChI is InChI=1S/C14H28N2O/c1-10(2)14(6-7-17)15-12-8-11(3)16(9-12)13-4-5-13/h10-15,17H,4-9H2,1-3H3. The van der Waals surface area contributed by atoms with Gasteiger partial charge in [-0.1, -0.05) is 13.8 Å². The molecule has 3 nitrogen and oxygen atoms in total. The third kappa shape index (κ3) is 3.43. The Morgan fingerprint density at radius 1 is 1.35 bits per heavy atom. The molecular weight excluding hydrogens is 212 g/mol. The molecule has 0 amide bonds. The summed E-state index contributed by atoms with van der Waals surface area (Å²) in [4.78, 5) is 2.67. The van der Waals surface area contributed by atoms with Gasteiger partial charge < -0.3 is 10.4 Å². The van der Waals surface area contributed by atoms with Gasteiger partial charge in [-0.25, -0.2) is 0 Å². The van der Waals surface area contributed by atoms with E-state index in [2.05, 4.69) is 31.0 Å². The molecule has 2 fully saturated rings. The van der Waals surface area contributed by atoms with Crippen molar-refractivity contribution in [2.75, 3.05) is 13.2 Å². The Bertz CT molecular complexity index is 240. The van der Waals surface area contributed by atoms with Crippen molar-refractivity contribution >= 4 is 0 Å². The molecule has 2 rings (SSSR count). The van der Waals surface area contributed by atoms with E-state index in [1.54, 1.807) is 0 Å². The van der Waals surface area contributed by atoms with Crippen LogP contribution in [-0.2, 0) is 0 Å². The number of hydrogen-bond donors (Lipinski definition) is 2. The molecule has 3 unspecified atom stereocenters. The molecule has 1 heterocycles. The summed E-state index contributed by atoms with van der Waals surface area (Å²) in [6.07, 6.45) is 4.96. The fourth-order valence-corrected chi connectivity index (χ4v) is 3.14. The van der Waals surface area contributed by atoms with E-state index in [9.17, 15) is 0 Å². The summed E-state index contributed by atoms with van der Waals surface area (Å²) in [7, 11) is 0. The van der Waals surface area contributed by atoms with E-state index in [4.69, 9.17) is 5.11 Å². The van der Waals surface area contributed by atoms with Crippen LogP contribution in [0, 0.1) is 5.92 Å². The van der Waals surface area contributed by atoms with E-state index in [1.807, 2.05) is 0 Å². The second kappa shape index (κ2) is 5.68. The zero-order valence-corrected chi connectivity index (χ0v) is 11.5. The van der Waals surface area contributed by atoms with Crippen molar-refractivity contribution in [3.05, 3.63) is 0 Å². The van der Waals surface area contributed by atoms with Gasteiger partial charge in [-0.15, -0.1) is 0 Å². The van der Waals surface area contributed by atoms with Crippen LogP contribution >= 0.6 is 0 Å². The predicted molar refractivity (Wildman–Crippen MR) is 71.1 cm³/mol. The quantitative estimate of drug-likeness (QED) is 0.740. The average Bonchev–Trinajstić information content (AvgIpc) is 3.03. The zero-order valence-electron chi connectivity index (χ0n) is 11.5. The van der Waals surface area contributed by atoms with Crippen LogP contribution in [0.25, 0.3) is 0 Å². The fourth-order valence-electron chi connectivity index (χ4n) is 3.14. The predicted octanol–water partition coefficient (Wildman–Crippen LogP) is 1.61. The SMILES string of the molecule is CC(C)C(CCO)NC1CC(C)N(C2CC2)C1. The molecule has 0 spiro atoms. The maximum atomic E-state index is 9.11. The highest BCUT2D eigenvalue weighted by Crippen LogP contribution is 2.33. The summed E-state index contributed by atoms with van der Waals surface area (Å²) >= 11 is 0. The summed E-state index contributed by atoms with van der Waals surface area (Å²) in [5.74, 6) is 0.604. The number of nitrogens with zero attached hydrogens (tertiary/aromatic N) is 1. The molecule has 17 heavy (non-hydrogen) atoms. The lowest BCUT2D eigenvalue weighted by Gasteiger charge is -2.26. The Labute approximate surface area is 106 Å². The number of aliphatic hydroxyl groups is 1. The van der Waals surface area contributed by atoms with Crippen LogP contribution in [0.4, 0.5) is 0 Å². The van der Waals surface area contributed by atoms with Crippen LogP contribution < -0.4 is 5.32 Å².